The number of nitrogens with one attached hydrogen (secondary N) is 1. The lowest BCUT2D eigenvalue weighted by Gasteiger charge is -2.28. The number of H-pyrrole nitrogens is 1. The van der Waals surface area contributed by atoms with Gasteiger partial charge in [-0.25, -0.2) is 0 Å². The second-order valence-corrected chi connectivity index (χ2v) is 6.68. The summed E-state index contributed by atoms with van der Waals surface area (Å²) in [4.78, 5) is 15.4. The van der Waals surface area contributed by atoms with Gasteiger partial charge >= 0.3 is 0 Å². The molecule has 0 unspecified atom stereocenters. The van der Waals surface area contributed by atoms with Gasteiger partial charge in [0.2, 0.25) is 0 Å². The largest absolute Gasteiger partial charge is 0.325 e. The van der Waals surface area contributed by atoms with Crippen molar-refractivity contribution in [3.63, 3.8) is 0 Å². The minimum atomic E-state index is -0.0119. The highest BCUT2D eigenvalue weighted by Crippen LogP contribution is 2.33. The van der Waals surface area contributed by atoms with Crippen LogP contribution in [-0.2, 0) is 11.8 Å². The van der Waals surface area contributed by atoms with Crippen LogP contribution in [0.2, 0.25) is 5.02 Å². The zero-order valence-corrected chi connectivity index (χ0v) is 13.0. The molecular weight excluding hydrogens is 282 g/mol. The van der Waals surface area contributed by atoms with Crippen LogP contribution in [0.25, 0.3) is 6.08 Å². The Kier molecular flexibility index (Phi) is 3.50. The monoisotopic (exact) mass is 299 g/mol. The van der Waals surface area contributed by atoms with Gasteiger partial charge in [-0.3, -0.25) is 4.79 Å². The third-order valence-corrected chi connectivity index (χ3v) is 4.31. The van der Waals surface area contributed by atoms with E-state index in [2.05, 4.69) is 31.0 Å². The first-order chi connectivity index (χ1) is 9.95. The summed E-state index contributed by atoms with van der Waals surface area (Å²) in [6.45, 7) is 4.31. The fourth-order valence-corrected chi connectivity index (χ4v) is 2.94. The van der Waals surface area contributed by atoms with Crippen LogP contribution >= 0.6 is 11.6 Å². The molecule has 1 aliphatic rings. The van der Waals surface area contributed by atoms with Crippen molar-refractivity contribution in [3.8, 4) is 0 Å². The average molecular weight is 300 g/mol. The number of hydrogen-bond acceptors (Lipinski definition) is 1. The van der Waals surface area contributed by atoms with Gasteiger partial charge in [-0.1, -0.05) is 49.7 Å². The standard InChI is InChI=1S/C18H18ClNO/c1-18(2)9-3-4-13-11-14(17(21)20-16(13)18)10-12-5-7-15(19)8-6-12/h3-8,11H,9-10H2,1-2H3,(H,20,21). The highest BCUT2D eigenvalue weighted by molar-refractivity contribution is 6.30. The maximum Gasteiger partial charge on any atom is 0.251 e. The second kappa shape index (κ2) is 5.19. The third kappa shape index (κ3) is 2.81. The van der Waals surface area contributed by atoms with E-state index in [4.69, 9.17) is 11.6 Å². The summed E-state index contributed by atoms with van der Waals surface area (Å²) in [7, 11) is 0. The molecule has 0 amide bonds. The zero-order chi connectivity index (χ0) is 15.0. The van der Waals surface area contributed by atoms with Gasteiger partial charge < -0.3 is 4.98 Å². The van der Waals surface area contributed by atoms with Crippen molar-refractivity contribution >= 4 is 17.7 Å². The van der Waals surface area contributed by atoms with Crippen LogP contribution in [-0.4, -0.2) is 4.98 Å². The summed E-state index contributed by atoms with van der Waals surface area (Å²) in [5.74, 6) is 0. The van der Waals surface area contributed by atoms with Gasteiger partial charge in [0.15, 0.2) is 0 Å². The maximum absolute atomic E-state index is 12.3. The van der Waals surface area contributed by atoms with Gasteiger partial charge in [-0.2, -0.15) is 0 Å². The third-order valence-electron chi connectivity index (χ3n) is 4.06. The minimum Gasteiger partial charge on any atom is -0.325 e. The van der Waals surface area contributed by atoms with Gasteiger partial charge in [0.05, 0.1) is 0 Å². The number of pyridine rings is 1. The maximum atomic E-state index is 12.3. The van der Waals surface area contributed by atoms with E-state index in [1.807, 2.05) is 30.3 Å². The van der Waals surface area contributed by atoms with E-state index < -0.39 is 0 Å². The van der Waals surface area contributed by atoms with Crippen molar-refractivity contribution in [3.05, 3.63) is 74.2 Å². The molecule has 21 heavy (non-hydrogen) atoms. The Balaban J connectivity index is 2.00. The molecule has 108 valence electrons. The van der Waals surface area contributed by atoms with Gasteiger partial charge in [-0.15, -0.1) is 0 Å². The minimum absolute atomic E-state index is 0.00655. The number of hydrogen-bond donors (Lipinski definition) is 1. The predicted octanol–water partition coefficient (Wildman–Crippen LogP) is 4.31. The summed E-state index contributed by atoms with van der Waals surface area (Å²) in [6.07, 6.45) is 5.84. The molecule has 0 atom stereocenters. The molecule has 0 bridgehead atoms. The molecule has 1 N–H and O–H groups in total. The Morgan fingerprint density at radius 2 is 1.95 bits per heavy atom. The average Bonchev–Trinajstić information content (AvgIpc) is 2.43. The normalized spacial score (nSPS) is 15.8. The van der Waals surface area contributed by atoms with E-state index in [0.717, 1.165) is 28.8 Å². The molecule has 1 heterocycles. The first-order valence-electron chi connectivity index (χ1n) is 7.13. The Morgan fingerprint density at radius 3 is 2.67 bits per heavy atom. The second-order valence-electron chi connectivity index (χ2n) is 6.25. The molecule has 1 aromatic heterocycles. The van der Waals surface area contributed by atoms with Crippen LogP contribution in [0, 0.1) is 0 Å². The molecule has 0 saturated carbocycles. The van der Waals surface area contributed by atoms with Crippen LogP contribution in [0.5, 0.6) is 0 Å². The summed E-state index contributed by atoms with van der Waals surface area (Å²) < 4.78 is 0. The van der Waals surface area contributed by atoms with Crippen LogP contribution in [0.15, 0.2) is 41.2 Å². The summed E-state index contributed by atoms with van der Waals surface area (Å²) in [5.41, 5.74) is 4.03. The Morgan fingerprint density at radius 1 is 1.24 bits per heavy atom. The first-order valence-corrected chi connectivity index (χ1v) is 7.51. The molecule has 3 rings (SSSR count). The molecule has 1 aliphatic carbocycles. The van der Waals surface area contributed by atoms with Crippen LogP contribution in [0.4, 0.5) is 0 Å². The molecule has 0 spiro atoms. The highest BCUT2D eigenvalue weighted by atomic mass is 35.5. The van der Waals surface area contributed by atoms with E-state index in [9.17, 15) is 4.79 Å². The van der Waals surface area contributed by atoms with Crippen molar-refractivity contribution in [1.29, 1.82) is 0 Å². The van der Waals surface area contributed by atoms with E-state index in [0.29, 0.717) is 11.4 Å². The number of aromatic nitrogens is 1. The Labute approximate surface area is 129 Å². The number of benzene rings is 1. The molecule has 0 fully saturated rings. The zero-order valence-electron chi connectivity index (χ0n) is 12.2. The SMILES string of the molecule is CC1(C)CC=Cc2cc(Cc3ccc(Cl)cc3)c(=O)[nH]c21. The van der Waals surface area contributed by atoms with Crippen molar-refractivity contribution in [1.82, 2.24) is 4.98 Å². The summed E-state index contributed by atoms with van der Waals surface area (Å²) in [5, 5.41) is 0.711. The molecule has 2 aromatic rings. The van der Waals surface area contributed by atoms with Crippen molar-refractivity contribution in [2.24, 2.45) is 0 Å². The predicted molar refractivity (Wildman–Crippen MR) is 88.0 cm³/mol. The fraction of sp³-hybridized carbons (Fsp3) is 0.278. The first kappa shape index (κ1) is 14.2. The molecule has 0 radical (unpaired) electrons. The molecule has 0 aliphatic heterocycles. The van der Waals surface area contributed by atoms with Gasteiger partial charge in [0, 0.05) is 28.1 Å². The van der Waals surface area contributed by atoms with E-state index >= 15 is 0 Å². The van der Waals surface area contributed by atoms with Crippen molar-refractivity contribution in [2.75, 3.05) is 0 Å². The Hall–Kier alpha value is -1.80. The number of allylic oxidation sites excluding steroid dienone is 1. The summed E-state index contributed by atoms with van der Waals surface area (Å²) >= 11 is 5.90. The fourth-order valence-electron chi connectivity index (χ4n) is 2.82. The van der Waals surface area contributed by atoms with E-state index in [1.165, 1.54) is 0 Å². The topological polar surface area (TPSA) is 32.9 Å². The smallest absolute Gasteiger partial charge is 0.251 e. The van der Waals surface area contributed by atoms with Gasteiger partial charge in [0.1, 0.15) is 0 Å². The number of halogens is 1. The van der Waals surface area contributed by atoms with Crippen LogP contribution in [0.3, 0.4) is 0 Å². The molecule has 3 heteroatoms. The molecule has 0 saturated heterocycles. The highest BCUT2D eigenvalue weighted by Gasteiger charge is 2.26. The van der Waals surface area contributed by atoms with Crippen molar-refractivity contribution in [2.45, 2.75) is 32.1 Å². The number of fused-ring (bicyclic) bond motifs is 1. The molecule has 2 nitrogen and oxygen atoms in total. The number of aromatic amines is 1. The van der Waals surface area contributed by atoms with Crippen LogP contribution in [0.1, 0.15) is 42.7 Å². The lowest BCUT2D eigenvalue weighted by Crippen LogP contribution is -2.27. The van der Waals surface area contributed by atoms with E-state index in [1.54, 1.807) is 0 Å². The molecular formula is C18H18ClNO. The quantitative estimate of drug-likeness (QED) is 0.880. The number of rotatable bonds is 2. The molecule has 1 aromatic carbocycles. The van der Waals surface area contributed by atoms with Gasteiger partial charge in [-0.05, 0) is 35.7 Å². The lowest BCUT2D eigenvalue weighted by atomic mass is 9.79. The Bertz CT molecular complexity index is 754. The van der Waals surface area contributed by atoms with Crippen molar-refractivity contribution < 1.29 is 0 Å². The van der Waals surface area contributed by atoms with Crippen LogP contribution < -0.4 is 5.56 Å². The summed E-state index contributed by atoms with van der Waals surface area (Å²) in [6, 6.07) is 9.64. The van der Waals surface area contributed by atoms with Gasteiger partial charge in [0.25, 0.3) is 5.56 Å². The van der Waals surface area contributed by atoms with E-state index in [-0.39, 0.29) is 11.0 Å². The lowest BCUT2D eigenvalue weighted by molar-refractivity contribution is 0.508.